The van der Waals surface area contributed by atoms with Crippen LogP contribution in [0.15, 0.2) is 0 Å². The third-order valence-corrected chi connectivity index (χ3v) is 11.8. The molecule has 2 unspecified atom stereocenters. The van der Waals surface area contributed by atoms with Crippen LogP contribution in [-0.4, -0.2) is 64.4 Å². The Labute approximate surface area is 245 Å². The second-order valence-corrected chi connectivity index (χ2v) is 14.2. The van der Waals surface area contributed by atoms with Gasteiger partial charge in [-0.15, -0.1) is 5.92 Å². The largest absolute Gasteiger partial charge is 1.00 e. The Bertz CT molecular complexity index is 888. The van der Waals surface area contributed by atoms with Gasteiger partial charge in [-0.05, 0) is 104 Å². The fourth-order valence-corrected chi connectivity index (χ4v) is 9.63. The Balaban J connectivity index is 0.00000380. The minimum atomic E-state index is -4.57. The van der Waals surface area contributed by atoms with Crippen molar-refractivity contribution in [3.05, 3.63) is 6.92 Å². The van der Waals surface area contributed by atoms with Crippen LogP contribution in [0, 0.1) is 59.2 Å². The fourth-order valence-electron chi connectivity index (χ4n) is 9.29. The zero-order valence-electron chi connectivity index (χ0n) is 23.0. The molecule has 4 aliphatic rings. The van der Waals surface area contributed by atoms with Gasteiger partial charge in [0.2, 0.25) is 0 Å². The minimum Gasteiger partial charge on any atom is -0.395 e. The van der Waals surface area contributed by atoms with Crippen molar-refractivity contribution in [2.45, 2.75) is 103 Å². The standard InChI is InChI=1S/C27H47O8S.Na/c1-15(5-8-22(29)16(2)14-35-36(32,33)34)19-6-7-20-25-21(13-24(31)27(19,20)4)26(3)10-9-18(28)11-17(26)12-23(25)30;/h15-25,28-31H,2,5-14H2,1,3-4H3,(H,32,33,34);/q-1;+1/t15-,16?,17?,18-,19-,20+,21+,22-,23-,24+,25+,26+,27-;/m1./s1. The zero-order chi connectivity index (χ0) is 26.6. The molecule has 0 aliphatic heterocycles. The van der Waals surface area contributed by atoms with E-state index in [4.69, 9.17) is 4.55 Å². The molecule has 10 heteroatoms. The van der Waals surface area contributed by atoms with Gasteiger partial charge < -0.3 is 27.3 Å². The number of aliphatic hydroxyl groups excluding tert-OH is 4. The van der Waals surface area contributed by atoms with E-state index in [0.717, 1.165) is 38.5 Å². The number of fused-ring (bicyclic) bond motifs is 5. The SMILES string of the molecule is [CH2-]C(COS(=O)(=O)O)[C@H](O)CC[C@@H](C)[C@H]1CC[C@H]2[C@@H]3[C@H](O)CC4C[C@H](O)CC[C@]4(C)[C@H]3C[C@H](O)[C@]12C.[Na+]. The molecule has 0 aromatic heterocycles. The smallest absolute Gasteiger partial charge is 0.395 e. The second kappa shape index (κ2) is 11.9. The van der Waals surface area contributed by atoms with Crippen LogP contribution in [0.2, 0.25) is 0 Å². The summed E-state index contributed by atoms with van der Waals surface area (Å²) in [4.78, 5) is 0. The van der Waals surface area contributed by atoms with E-state index >= 15 is 0 Å². The first-order valence-electron chi connectivity index (χ1n) is 13.9. The first kappa shape index (κ1) is 32.2. The van der Waals surface area contributed by atoms with Gasteiger partial charge in [-0.1, -0.05) is 20.8 Å². The maximum Gasteiger partial charge on any atom is 1.00 e. The summed E-state index contributed by atoms with van der Waals surface area (Å²) >= 11 is 0. The summed E-state index contributed by atoms with van der Waals surface area (Å²) in [6.07, 6.45) is 5.01. The quantitative estimate of drug-likeness (QED) is 0.160. The van der Waals surface area contributed by atoms with Gasteiger partial charge in [0, 0.05) is 12.7 Å². The van der Waals surface area contributed by atoms with Crippen LogP contribution in [0.3, 0.4) is 0 Å². The topological polar surface area (TPSA) is 145 Å². The van der Waals surface area contributed by atoms with Gasteiger partial charge in [-0.3, -0.25) is 8.74 Å². The predicted octanol–water partition coefficient (Wildman–Crippen LogP) is -0.00131. The van der Waals surface area contributed by atoms with Gasteiger partial charge in [0.1, 0.15) is 0 Å². The summed E-state index contributed by atoms with van der Waals surface area (Å²) in [5.41, 5.74) is -0.256. The predicted molar refractivity (Wildman–Crippen MR) is 135 cm³/mol. The van der Waals surface area contributed by atoms with Gasteiger partial charge in [0.05, 0.1) is 18.3 Å². The van der Waals surface area contributed by atoms with Gasteiger partial charge in [-0.25, -0.2) is 0 Å². The molecule has 0 bridgehead atoms. The van der Waals surface area contributed by atoms with E-state index in [1.54, 1.807) is 0 Å². The summed E-state index contributed by atoms with van der Waals surface area (Å²) in [7, 11) is -4.57. The molecule has 4 saturated carbocycles. The van der Waals surface area contributed by atoms with Gasteiger partial charge in [0.25, 0.3) is 0 Å². The van der Waals surface area contributed by atoms with E-state index in [0.29, 0.717) is 25.2 Å². The fraction of sp³-hybridized carbons (Fsp3) is 0.963. The van der Waals surface area contributed by atoms with Crippen molar-refractivity contribution in [3.63, 3.8) is 0 Å². The molecular weight excluding hydrogens is 507 g/mol. The first-order valence-corrected chi connectivity index (χ1v) is 15.2. The molecular formula is C27H47NaO8S. The zero-order valence-corrected chi connectivity index (χ0v) is 25.8. The average Bonchev–Trinajstić information content (AvgIpc) is 3.15. The molecule has 210 valence electrons. The molecule has 37 heavy (non-hydrogen) atoms. The van der Waals surface area contributed by atoms with Crippen LogP contribution in [-0.2, 0) is 14.6 Å². The van der Waals surface area contributed by atoms with Crippen LogP contribution < -0.4 is 29.6 Å². The van der Waals surface area contributed by atoms with Crippen LogP contribution >= 0.6 is 0 Å². The normalized spacial score (nSPS) is 46.1. The summed E-state index contributed by atoms with van der Waals surface area (Å²) in [6.45, 7) is 10.1. The van der Waals surface area contributed by atoms with E-state index in [-0.39, 0.29) is 82.7 Å². The molecule has 0 heterocycles. The molecule has 0 aromatic carbocycles. The van der Waals surface area contributed by atoms with Crippen LogP contribution in [0.5, 0.6) is 0 Å². The molecule has 0 amide bonds. The van der Waals surface area contributed by atoms with Crippen molar-refractivity contribution in [1.29, 1.82) is 0 Å². The summed E-state index contributed by atoms with van der Waals surface area (Å²) < 4.78 is 34.7. The van der Waals surface area contributed by atoms with Crippen molar-refractivity contribution in [2.24, 2.45) is 52.3 Å². The number of hydrogen-bond donors (Lipinski definition) is 5. The number of rotatable bonds is 8. The first-order chi connectivity index (χ1) is 16.7. The molecule has 8 nitrogen and oxygen atoms in total. The molecule has 4 aliphatic carbocycles. The van der Waals surface area contributed by atoms with Crippen molar-refractivity contribution < 1.29 is 67.1 Å². The second-order valence-electron chi connectivity index (χ2n) is 13.1. The van der Waals surface area contributed by atoms with Gasteiger partial charge >= 0.3 is 40.0 Å². The molecule has 4 rings (SSSR count). The molecule has 0 saturated heterocycles. The summed E-state index contributed by atoms with van der Waals surface area (Å²) in [5.74, 6) is 0.765. The Morgan fingerprint density at radius 1 is 1.03 bits per heavy atom. The molecule has 0 aromatic rings. The third kappa shape index (κ3) is 6.16. The van der Waals surface area contributed by atoms with Gasteiger partial charge in [0.15, 0.2) is 0 Å². The molecule has 0 radical (unpaired) electrons. The molecule has 4 fully saturated rings. The van der Waals surface area contributed by atoms with Gasteiger partial charge in [-0.2, -0.15) is 8.42 Å². The molecule has 0 spiro atoms. The Morgan fingerprint density at radius 2 is 1.70 bits per heavy atom. The van der Waals surface area contributed by atoms with Crippen LogP contribution in [0.25, 0.3) is 0 Å². The van der Waals surface area contributed by atoms with Crippen LogP contribution in [0.1, 0.15) is 78.6 Å². The molecule has 5 N–H and O–H groups in total. The van der Waals surface area contributed by atoms with E-state index in [1.165, 1.54) is 0 Å². The Kier molecular flexibility index (Phi) is 10.4. The van der Waals surface area contributed by atoms with Crippen molar-refractivity contribution >= 4 is 10.4 Å². The van der Waals surface area contributed by atoms with E-state index in [2.05, 4.69) is 31.9 Å². The van der Waals surface area contributed by atoms with E-state index < -0.39 is 34.6 Å². The Morgan fingerprint density at radius 3 is 2.35 bits per heavy atom. The number of aliphatic hydroxyl groups is 4. The maximum absolute atomic E-state index is 11.7. The molecule has 13 atom stereocenters. The average molecular weight is 555 g/mol. The van der Waals surface area contributed by atoms with E-state index in [9.17, 15) is 28.8 Å². The Hall–Kier alpha value is 0.710. The van der Waals surface area contributed by atoms with E-state index in [1.807, 2.05) is 0 Å². The van der Waals surface area contributed by atoms with Crippen LogP contribution in [0.4, 0.5) is 0 Å². The van der Waals surface area contributed by atoms with Crippen molar-refractivity contribution in [1.82, 2.24) is 0 Å². The van der Waals surface area contributed by atoms with Crippen molar-refractivity contribution in [3.8, 4) is 0 Å². The summed E-state index contributed by atoms with van der Waals surface area (Å²) in [5, 5.41) is 43.8. The minimum absolute atomic E-state index is 0. The van der Waals surface area contributed by atoms with Crippen molar-refractivity contribution in [2.75, 3.05) is 6.61 Å². The number of hydrogen-bond acceptors (Lipinski definition) is 7. The summed E-state index contributed by atoms with van der Waals surface area (Å²) in [6, 6.07) is 0. The third-order valence-electron chi connectivity index (χ3n) is 11.4. The maximum atomic E-state index is 11.7. The monoisotopic (exact) mass is 554 g/mol.